The van der Waals surface area contributed by atoms with Gasteiger partial charge in [-0.1, -0.05) is 24.3 Å². The maximum atomic E-state index is 14.2. The summed E-state index contributed by atoms with van der Waals surface area (Å²) >= 11 is 0. The minimum atomic E-state index is -0.826. The van der Waals surface area contributed by atoms with Gasteiger partial charge in [-0.3, -0.25) is 14.8 Å². The van der Waals surface area contributed by atoms with Crippen LogP contribution < -0.4 is 9.47 Å². The summed E-state index contributed by atoms with van der Waals surface area (Å²) in [6.07, 6.45) is 0. The third-order valence-corrected chi connectivity index (χ3v) is 4.45. The van der Waals surface area contributed by atoms with E-state index in [0.717, 1.165) is 22.9 Å². The van der Waals surface area contributed by atoms with Crippen LogP contribution in [0.5, 0.6) is 17.4 Å². The highest BCUT2D eigenvalue weighted by Crippen LogP contribution is 2.32. The van der Waals surface area contributed by atoms with Crippen LogP contribution in [0.15, 0.2) is 66.7 Å². The number of non-ortho nitro benzene ring substituents is 1. The van der Waals surface area contributed by atoms with Crippen molar-refractivity contribution >= 4 is 16.6 Å². The zero-order valence-electron chi connectivity index (χ0n) is 15.4. The maximum absolute atomic E-state index is 14.2. The Labute approximate surface area is 165 Å². The number of nitrogens with zero attached hydrogens (tertiary/aromatic N) is 3. The molecule has 0 N–H and O–H groups in total. The second kappa shape index (κ2) is 7.59. The molecule has 0 aliphatic carbocycles. The summed E-state index contributed by atoms with van der Waals surface area (Å²) < 4.78 is 26.8. The van der Waals surface area contributed by atoms with Crippen molar-refractivity contribution in [3.63, 3.8) is 0 Å². The van der Waals surface area contributed by atoms with E-state index in [0.29, 0.717) is 11.9 Å². The zero-order chi connectivity index (χ0) is 20.4. The van der Waals surface area contributed by atoms with Crippen LogP contribution in [0.3, 0.4) is 0 Å². The molecule has 0 bridgehead atoms. The van der Waals surface area contributed by atoms with Crippen LogP contribution in [0.2, 0.25) is 0 Å². The molecule has 8 heteroatoms. The number of hydrogen-bond acceptors (Lipinski definition) is 5. The number of ether oxygens (including phenoxy) is 2. The van der Waals surface area contributed by atoms with E-state index >= 15 is 0 Å². The quantitative estimate of drug-likeness (QED) is 0.343. The number of methoxy groups -OCH3 is 1. The Kier molecular flexibility index (Phi) is 4.82. The second-order valence-electron chi connectivity index (χ2n) is 6.30. The number of aromatic nitrogens is 2. The summed E-state index contributed by atoms with van der Waals surface area (Å²) in [5, 5.41) is 16.0. The standard InChI is InChI=1S/C21H16FN3O4/c1-28-16-9-6-14(7-10-16)13-24-19-5-3-2-4-17(19)21(23-24)29-20-11-8-15(25(26)27)12-18(20)22/h2-12H,13H2,1H3. The number of benzene rings is 3. The molecule has 1 heterocycles. The highest BCUT2D eigenvalue weighted by molar-refractivity contribution is 5.84. The molecule has 0 saturated heterocycles. The lowest BCUT2D eigenvalue weighted by Gasteiger charge is -2.05. The van der Waals surface area contributed by atoms with Crippen molar-refractivity contribution in [3.8, 4) is 17.4 Å². The predicted octanol–water partition coefficient (Wildman–Crippen LogP) is 4.93. The average Bonchev–Trinajstić information content (AvgIpc) is 3.07. The Morgan fingerprint density at radius 3 is 2.55 bits per heavy atom. The number of fused-ring (bicyclic) bond motifs is 1. The topological polar surface area (TPSA) is 79.4 Å². The van der Waals surface area contributed by atoms with Gasteiger partial charge < -0.3 is 9.47 Å². The Balaban J connectivity index is 1.68. The molecule has 29 heavy (non-hydrogen) atoms. The first-order chi connectivity index (χ1) is 14.0. The van der Waals surface area contributed by atoms with Gasteiger partial charge in [0.05, 0.1) is 35.5 Å². The van der Waals surface area contributed by atoms with Crippen molar-refractivity contribution in [2.45, 2.75) is 6.54 Å². The van der Waals surface area contributed by atoms with Gasteiger partial charge in [-0.15, -0.1) is 5.10 Å². The van der Waals surface area contributed by atoms with Gasteiger partial charge in [0.25, 0.3) is 5.69 Å². The summed E-state index contributed by atoms with van der Waals surface area (Å²) in [6.45, 7) is 0.483. The summed E-state index contributed by atoms with van der Waals surface area (Å²) in [6, 6.07) is 18.3. The molecule has 0 radical (unpaired) electrons. The van der Waals surface area contributed by atoms with E-state index in [1.54, 1.807) is 11.8 Å². The Hall–Kier alpha value is -3.94. The van der Waals surface area contributed by atoms with Crippen LogP contribution >= 0.6 is 0 Å². The van der Waals surface area contributed by atoms with Gasteiger partial charge in [0, 0.05) is 6.07 Å². The molecule has 0 unspecified atom stereocenters. The molecule has 146 valence electrons. The molecule has 4 rings (SSSR count). The van der Waals surface area contributed by atoms with Gasteiger partial charge in [0.2, 0.25) is 5.88 Å². The van der Waals surface area contributed by atoms with Crippen LogP contribution in [-0.4, -0.2) is 21.8 Å². The molecule has 3 aromatic carbocycles. The van der Waals surface area contributed by atoms with Gasteiger partial charge in [-0.05, 0) is 35.9 Å². The van der Waals surface area contributed by atoms with Crippen molar-refractivity contribution in [3.05, 3.63) is 88.2 Å². The largest absolute Gasteiger partial charge is 0.497 e. The van der Waals surface area contributed by atoms with Gasteiger partial charge >= 0.3 is 0 Å². The van der Waals surface area contributed by atoms with E-state index in [1.807, 2.05) is 48.5 Å². The molecule has 4 aromatic rings. The fraction of sp³-hybridized carbons (Fsp3) is 0.0952. The normalized spacial score (nSPS) is 10.8. The molecule has 0 aliphatic rings. The smallest absolute Gasteiger partial charge is 0.272 e. The van der Waals surface area contributed by atoms with Crippen LogP contribution in [0.25, 0.3) is 10.9 Å². The van der Waals surface area contributed by atoms with E-state index in [9.17, 15) is 14.5 Å². The van der Waals surface area contributed by atoms with Crippen LogP contribution in [0.4, 0.5) is 10.1 Å². The van der Waals surface area contributed by atoms with E-state index in [4.69, 9.17) is 9.47 Å². The molecular formula is C21H16FN3O4. The summed E-state index contributed by atoms with van der Waals surface area (Å²) in [5.74, 6) is 0.0297. The monoisotopic (exact) mass is 393 g/mol. The van der Waals surface area contributed by atoms with E-state index in [-0.39, 0.29) is 17.3 Å². The summed E-state index contributed by atoms with van der Waals surface area (Å²) in [4.78, 5) is 10.1. The average molecular weight is 393 g/mol. The highest BCUT2D eigenvalue weighted by Gasteiger charge is 2.17. The predicted molar refractivity (Wildman–Crippen MR) is 105 cm³/mol. The van der Waals surface area contributed by atoms with Crippen molar-refractivity contribution < 1.29 is 18.8 Å². The van der Waals surface area contributed by atoms with Crippen LogP contribution in [0, 0.1) is 15.9 Å². The van der Waals surface area contributed by atoms with Crippen molar-refractivity contribution in [2.75, 3.05) is 7.11 Å². The third-order valence-electron chi connectivity index (χ3n) is 4.45. The lowest BCUT2D eigenvalue weighted by atomic mass is 10.2. The Bertz CT molecular complexity index is 1190. The van der Waals surface area contributed by atoms with E-state index in [1.165, 1.54) is 12.1 Å². The molecule has 0 fully saturated rings. The molecule has 0 atom stereocenters. The number of para-hydroxylation sites is 1. The van der Waals surface area contributed by atoms with E-state index in [2.05, 4.69) is 5.10 Å². The SMILES string of the molecule is COc1ccc(Cn2nc(Oc3ccc([N+](=O)[O-])cc3F)c3ccccc32)cc1. The zero-order valence-corrected chi connectivity index (χ0v) is 15.4. The van der Waals surface area contributed by atoms with Crippen molar-refractivity contribution in [1.29, 1.82) is 0 Å². The third kappa shape index (κ3) is 3.73. The number of nitro benzene ring substituents is 1. The number of hydrogen-bond donors (Lipinski definition) is 0. The lowest BCUT2D eigenvalue weighted by Crippen LogP contribution is -2.02. The van der Waals surface area contributed by atoms with Crippen LogP contribution in [-0.2, 0) is 6.54 Å². The first-order valence-electron chi connectivity index (χ1n) is 8.75. The minimum absolute atomic E-state index is 0.129. The molecule has 0 saturated carbocycles. The summed E-state index contributed by atoms with van der Waals surface area (Å²) in [5.41, 5.74) is 1.48. The molecule has 7 nitrogen and oxygen atoms in total. The molecule has 0 aliphatic heterocycles. The van der Waals surface area contributed by atoms with Crippen LogP contribution in [0.1, 0.15) is 5.56 Å². The number of halogens is 1. The summed E-state index contributed by atoms with van der Waals surface area (Å²) in [7, 11) is 1.61. The molecule has 0 amide bonds. The van der Waals surface area contributed by atoms with E-state index < -0.39 is 10.7 Å². The van der Waals surface area contributed by atoms with Crippen molar-refractivity contribution in [1.82, 2.24) is 9.78 Å². The lowest BCUT2D eigenvalue weighted by molar-refractivity contribution is -0.385. The van der Waals surface area contributed by atoms with Gasteiger partial charge in [-0.2, -0.15) is 0 Å². The number of rotatable bonds is 6. The molecular weight excluding hydrogens is 377 g/mol. The molecule has 1 aromatic heterocycles. The maximum Gasteiger partial charge on any atom is 0.272 e. The Morgan fingerprint density at radius 2 is 1.86 bits per heavy atom. The minimum Gasteiger partial charge on any atom is -0.497 e. The van der Waals surface area contributed by atoms with Gasteiger partial charge in [0.1, 0.15) is 5.75 Å². The van der Waals surface area contributed by atoms with Crippen molar-refractivity contribution in [2.24, 2.45) is 0 Å². The highest BCUT2D eigenvalue weighted by atomic mass is 19.1. The second-order valence-corrected chi connectivity index (χ2v) is 6.30. The molecule has 0 spiro atoms. The Morgan fingerprint density at radius 1 is 1.10 bits per heavy atom. The number of nitro groups is 1. The van der Waals surface area contributed by atoms with Gasteiger partial charge in [-0.25, -0.2) is 4.39 Å². The first kappa shape index (κ1) is 18.4. The fourth-order valence-corrected chi connectivity index (χ4v) is 2.99. The fourth-order valence-electron chi connectivity index (χ4n) is 2.99. The van der Waals surface area contributed by atoms with Gasteiger partial charge in [0.15, 0.2) is 11.6 Å². The first-order valence-corrected chi connectivity index (χ1v) is 8.75.